The van der Waals surface area contributed by atoms with E-state index in [-0.39, 0.29) is 5.97 Å². The molecule has 5 nitrogen and oxygen atoms in total. The van der Waals surface area contributed by atoms with Gasteiger partial charge in [-0.15, -0.1) is 0 Å². The molecule has 1 aromatic carbocycles. The second-order valence-electron chi connectivity index (χ2n) is 5.46. The van der Waals surface area contributed by atoms with Gasteiger partial charge in [-0.2, -0.15) is 0 Å². The predicted octanol–water partition coefficient (Wildman–Crippen LogP) is 2.70. The smallest absolute Gasteiger partial charge is 0.305 e. The summed E-state index contributed by atoms with van der Waals surface area (Å²) in [5.41, 5.74) is 3.74. The summed E-state index contributed by atoms with van der Waals surface area (Å²) in [5, 5.41) is 6.47. The number of rotatable bonds is 8. The molecule has 0 saturated heterocycles. The van der Waals surface area contributed by atoms with Crippen LogP contribution in [0.4, 0.5) is 0 Å². The highest BCUT2D eigenvalue weighted by Crippen LogP contribution is 2.11. The molecule has 0 aliphatic heterocycles. The number of aliphatic imine (C=N–C) groups is 1. The van der Waals surface area contributed by atoms with Crippen molar-refractivity contribution in [2.75, 3.05) is 19.7 Å². The van der Waals surface area contributed by atoms with Crippen LogP contribution in [0.1, 0.15) is 43.4 Å². The van der Waals surface area contributed by atoms with Crippen LogP contribution in [0.15, 0.2) is 23.2 Å². The van der Waals surface area contributed by atoms with Crippen molar-refractivity contribution in [2.24, 2.45) is 4.99 Å². The van der Waals surface area contributed by atoms with E-state index in [2.05, 4.69) is 47.7 Å². The molecule has 0 fully saturated rings. The first-order chi connectivity index (χ1) is 11.1. The van der Waals surface area contributed by atoms with Crippen LogP contribution >= 0.6 is 0 Å². The van der Waals surface area contributed by atoms with E-state index in [9.17, 15) is 4.79 Å². The van der Waals surface area contributed by atoms with E-state index in [0.29, 0.717) is 26.1 Å². The Labute approximate surface area is 139 Å². The molecule has 128 valence electrons. The third-order valence-electron chi connectivity index (χ3n) is 3.41. The highest BCUT2D eigenvalue weighted by molar-refractivity contribution is 5.79. The molecule has 1 aromatic rings. The fourth-order valence-electron chi connectivity index (χ4n) is 2.20. The van der Waals surface area contributed by atoms with Gasteiger partial charge in [0, 0.05) is 19.5 Å². The van der Waals surface area contributed by atoms with Crippen LogP contribution in [0, 0.1) is 13.8 Å². The number of esters is 1. The summed E-state index contributed by atoms with van der Waals surface area (Å²) in [6.45, 7) is 10.6. The Hall–Kier alpha value is -2.04. The zero-order valence-electron chi connectivity index (χ0n) is 14.7. The molecule has 5 heteroatoms. The van der Waals surface area contributed by atoms with Gasteiger partial charge in [-0.05, 0) is 45.2 Å². The molecule has 0 aromatic heterocycles. The molecule has 0 atom stereocenters. The summed E-state index contributed by atoms with van der Waals surface area (Å²) in [4.78, 5) is 15.9. The lowest BCUT2D eigenvalue weighted by molar-refractivity contribution is -0.143. The van der Waals surface area contributed by atoms with Gasteiger partial charge >= 0.3 is 5.97 Å². The first-order valence-corrected chi connectivity index (χ1v) is 8.30. The molecule has 23 heavy (non-hydrogen) atoms. The van der Waals surface area contributed by atoms with Crippen molar-refractivity contribution in [3.63, 3.8) is 0 Å². The fraction of sp³-hybridized carbons (Fsp3) is 0.556. The molecule has 0 spiro atoms. The molecule has 0 unspecified atom stereocenters. The van der Waals surface area contributed by atoms with E-state index < -0.39 is 0 Å². The number of hydrogen-bond acceptors (Lipinski definition) is 3. The van der Waals surface area contributed by atoms with Crippen LogP contribution in [0.25, 0.3) is 0 Å². The number of aryl methyl sites for hydroxylation is 2. The van der Waals surface area contributed by atoms with Gasteiger partial charge in [0.2, 0.25) is 0 Å². The molecule has 0 amide bonds. The van der Waals surface area contributed by atoms with Gasteiger partial charge < -0.3 is 15.4 Å². The second kappa shape index (κ2) is 10.6. The normalized spacial score (nSPS) is 11.2. The Morgan fingerprint density at radius 2 is 2.00 bits per heavy atom. The summed E-state index contributed by atoms with van der Waals surface area (Å²) in [6.07, 6.45) is 1.16. The monoisotopic (exact) mass is 319 g/mol. The summed E-state index contributed by atoms with van der Waals surface area (Å²) >= 11 is 0. The van der Waals surface area contributed by atoms with Crippen molar-refractivity contribution in [2.45, 2.75) is 47.1 Å². The minimum atomic E-state index is -0.147. The van der Waals surface area contributed by atoms with Crippen molar-refractivity contribution in [3.8, 4) is 0 Å². The lowest BCUT2D eigenvalue weighted by atomic mass is 10.1. The van der Waals surface area contributed by atoms with Gasteiger partial charge in [-0.25, -0.2) is 4.99 Å². The number of carbonyl (C=O) groups is 1. The van der Waals surface area contributed by atoms with E-state index in [1.54, 1.807) is 0 Å². The third kappa shape index (κ3) is 7.68. The van der Waals surface area contributed by atoms with Crippen LogP contribution in [-0.4, -0.2) is 31.6 Å². The van der Waals surface area contributed by atoms with Crippen molar-refractivity contribution in [1.82, 2.24) is 10.6 Å². The zero-order chi connectivity index (χ0) is 17.1. The molecular formula is C18H29N3O2. The number of carbonyl (C=O) groups excluding carboxylic acids is 1. The molecule has 0 aliphatic carbocycles. The largest absolute Gasteiger partial charge is 0.466 e. The van der Waals surface area contributed by atoms with E-state index in [1.165, 1.54) is 16.7 Å². The van der Waals surface area contributed by atoms with Gasteiger partial charge in [-0.1, -0.05) is 23.8 Å². The average Bonchev–Trinajstić information content (AvgIpc) is 2.50. The van der Waals surface area contributed by atoms with Crippen molar-refractivity contribution in [3.05, 3.63) is 34.9 Å². The lowest BCUT2D eigenvalue weighted by Crippen LogP contribution is -2.37. The van der Waals surface area contributed by atoms with Crippen molar-refractivity contribution < 1.29 is 9.53 Å². The third-order valence-corrected chi connectivity index (χ3v) is 3.41. The second-order valence-corrected chi connectivity index (χ2v) is 5.46. The minimum absolute atomic E-state index is 0.147. The van der Waals surface area contributed by atoms with Crippen LogP contribution in [-0.2, 0) is 16.1 Å². The van der Waals surface area contributed by atoms with Crippen LogP contribution in [0.2, 0.25) is 0 Å². The highest BCUT2D eigenvalue weighted by atomic mass is 16.5. The van der Waals surface area contributed by atoms with Gasteiger partial charge in [0.1, 0.15) is 0 Å². The Balaban J connectivity index is 2.48. The predicted molar refractivity (Wildman–Crippen MR) is 94.6 cm³/mol. The first-order valence-electron chi connectivity index (χ1n) is 8.30. The van der Waals surface area contributed by atoms with Crippen LogP contribution in [0.3, 0.4) is 0 Å². The highest BCUT2D eigenvalue weighted by Gasteiger charge is 2.03. The molecule has 1 rings (SSSR count). The molecule has 0 bridgehead atoms. The van der Waals surface area contributed by atoms with E-state index in [0.717, 1.165) is 18.9 Å². The van der Waals surface area contributed by atoms with Crippen molar-refractivity contribution >= 4 is 11.9 Å². The molecule has 0 aliphatic rings. The van der Waals surface area contributed by atoms with E-state index >= 15 is 0 Å². The average molecular weight is 319 g/mol. The first kappa shape index (κ1) is 19.0. The summed E-state index contributed by atoms with van der Waals surface area (Å²) in [6, 6.07) is 6.40. The van der Waals surface area contributed by atoms with Gasteiger partial charge in [0.15, 0.2) is 5.96 Å². The van der Waals surface area contributed by atoms with Gasteiger partial charge in [-0.3, -0.25) is 4.79 Å². The van der Waals surface area contributed by atoms with Crippen LogP contribution in [0.5, 0.6) is 0 Å². The number of guanidine groups is 1. The standard InChI is InChI=1S/C18H29N3O2/c1-5-19-18(20-11-7-8-17(22)23-6-2)21-13-16-10-9-14(3)12-15(16)4/h9-10,12H,5-8,11,13H2,1-4H3,(H2,19,20,21). The Morgan fingerprint density at radius 1 is 1.22 bits per heavy atom. The SMILES string of the molecule is CCNC(=NCc1ccc(C)cc1C)NCCCC(=O)OCC. The molecular weight excluding hydrogens is 290 g/mol. The quantitative estimate of drug-likeness (QED) is 0.335. The zero-order valence-corrected chi connectivity index (χ0v) is 14.7. The Kier molecular flexibility index (Phi) is 8.80. The molecule has 0 heterocycles. The maximum Gasteiger partial charge on any atom is 0.305 e. The van der Waals surface area contributed by atoms with E-state index in [1.807, 2.05) is 13.8 Å². The number of ether oxygens (including phenoxy) is 1. The number of hydrogen-bond donors (Lipinski definition) is 2. The van der Waals surface area contributed by atoms with E-state index in [4.69, 9.17) is 4.74 Å². The Morgan fingerprint density at radius 3 is 2.65 bits per heavy atom. The summed E-state index contributed by atoms with van der Waals surface area (Å²) in [5.74, 6) is 0.628. The summed E-state index contributed by atoms with van der Waals surface area (Å²) < 4.78 is 4.91. The number of nitrogens with one attached hydrogen (secondary N) is 2. The maximum absolute atomic E-state index is 11.3. The Bertz CT molecular complexity index is 527. The van der Waals surface area contributed by atoms with Crippen LogP contribution < -0.4 is 10.6 Å². The maximum atomic E-state index is 11.3. The van der Waals surface area contributed by atoms with Crippen molar-refractivity contribution in [1.29, 1.82) is 0 Å². The molecule has 0 radical (unpaired) electrons. The lowest BCUT2D eigenvalue weighted by Gasteiger charge is -2.12. The van der Waals surface area contributed by atoms with Gasteiger partial charge in [0.25, 0.3) is 0 Å². The molecule has 2 N–H and O–H groups in total. The summed E-state index contributed by atoms with van der Waals surface area (Å²) in [7, 11) is 0. The van der Waals surface area contributed by atoms with Gasteiger partial charge in [0.05, 0.1) is 13.2 Å². The number of nitrogens with zero attached hydrogens (tertiary/aromatic N) is 1. The topological polar surface area (TPSA) is 62.7 Å². The molecule has 0 saturated carbocycles. The number of benzene rings is 1. The minimum Gasteiger partial charge on any atom is -0.466 e. The fourth-order valence-corrected chi connectivity index (χ4v) is 2.20.